The Morgan fingerprint density at radius 2 is 1.46 bits per heavy atom. The Balaban J connectivity index is 1.93. The van der Waals surface area contributed by atoms with Crippen molar-refractivity contribution in [3.63, 3.8) is 0 Å². The van der Waals surface area contributed by atoms with E-state index >= 15 is 0 Å². The lowest BCUT2D eigenvalue weighted by atomic mass is 9.94. The van der Waals surface area contributed by atoms with Gasteiger partial charge in [-0.15, -0.1) is 0 Å². The first-order valence-corrected chi connectivity index (χ1v) is 11.7. The Bertz CT molecular complexity index is 1380. The van der Waals surface area contributed by atoms with Crippen molar-refractivity contribution in [1.82, 2.24) is 0 Å². The van der Waals surface area contributed by atoms with Crippen molar-refractivity contribution in [3.8, 4) is 23.0 Å². The number of ketones is 1. The van der Waals surface area contributed by atoms with Crippen molar-refractivity contribution in [1.29, 1.82) is 0 Å². The molecule has 0 spiro atoms. The van der Waals surface area contributed by atoms with Crippen LogP contribution in [0.4, 0.5) is 5.69 Å². The number of hydrogen-bond acceptors (Lipinski definition) is 7. The second-order valence-corrected chi connectivity index (χ2v) is 8.92. The SMILES string of the molecule is COc1ccc(C2/C(=C(/O)c3ccc(OC)c(OC)c3)C(=O)C(=O)N2c2ccc(C(C)C)cc2)cc1O. The normalized spacial score (nSPS) is 16.8. The number of phenolic OH excluding ortho intramolecular Hbond substituents is 1. The van der Waals surface area contributed by atoms with Gasteiger partial charge in [0.2, 0.25) is 0 Å². The minimum atomic E-state index is -1.00. The number of anilines is 1. The number of ether oxygens (including phenoxy) is 3. The van der Waals surface area contributed by atoms with Crippen LogP contribution in [-0.4, -0.2) is 43.2 Å². The smallest absolute Gasteiger partial charge is 0.300 e. The highest BCUT2D eigenvalue weighted by Crippen LogP contribution is 2.44. The van der Waals surface area contributed by atoms with Crippen LogP contribution in [0.15, 0.2) is 66.2 Å². The quantitative estimate of drug-likeness (QED) is 0.260. The van der Waals surface area contributed by atoms with Gasteiger partial charge in [0.15, 0.2) is 23.0 Å². The summed E-state index contributed by atoms with van der Waals surface area (Å²) in [5.74, 6) is -0.858. The molecule has 0 aliphatic carbocycles. The maximum atomic E-state index is 13.4. The molecule has 0 bridgehead atoms. The molecule has 3 aromatic carbocycles. The standard InChI is InChI=1S/C29H29NO7/c1-16(2)17-6-10-20(11-7-17)30-26(18-8-12-22(35-3)21(31)14-18)25(28(33)29(30)34)27(32)19-9-13-23(36-4)24(15-19)37-5/h6-16,26,31-32H,1-5H3/b27-25-. The first kappa shape index (κ1) is 25.6. The Morgan fingerprint density at radius 1 is 0.838 bits per heavy atom. The molecule has 1 heterocycles. The summed E-state index contributed by atoms with van der Waals surface area (Å²) in [5, 5.41) is 21.9. The number of nitrogens with zero attached hydrogens (tertiary/aromatic N) is 1. The molecule has 1 aliphatic rings. The number of aromatic hydroxyl groups is 1. The maximum absolute atomic E-state index is 13.4. The first-order valence-electron chi connectivity index (χ1n) is 11.7. The summed E-state index contributed by atoms with van der Waals surface area (Å²) in [7, 11) is 4.37. The molecule has 0 radical (unpaired) electrons. The number of carbonyl (C=O) groups excluding carboxylic acids is 2. The fraction of sp³-hybridized carbons (Fsp3) is 0.241. The van der Waals surface area contributed by atoms with E-state index in [0.29, 0.717) is 22.7 Å². The second-order valence-electron chi connectivity index (χ2n) is 8.92. The molecule has 3 aromatic rings. The first-order chi connectivity index (χ1) is 17.7. The number of aliphatic hydroxyl groups is 1. The molecule has 0 saturated carbocycles. The van der Waals surface area contributed by atoms with Gasteiger partial charge < -0.3 is 24.4 Å². The van der Waals surface area contributed by atoms with Crippen molar-refractivity contribution in [2.45, 2.75) is 25.8 Å². The topological polar surface area (TPSA) is 106 Å². The van der Waals surface area contributed by atoms with Gasteiger partial charge >= 0.3 is 0 Å². The molecule has 2 N–H and O–H groups in total. The van der Waals surface area contributed by atoms with Crippen molar-refractivity contribution in [2.24, 2.45) is 0 Å². The molecule has 8 nitrogen and oxygen atoms in total. The molecular weight excluding hydrogens is 474 g/mol. The van der Waals surface area contributed by atoms with Gasteiger partial charge in [0.25, 0.3) is 11.7 Å². The van der Waals surface area contributed by atoms with Crippen LogP contribution in [0.2, 0.25) is 0 Å². The van der Waals surface area contributed by atoms with Gasteiger partial charge in [-0.2, -0.15) is 0 Å². The highest BCUT2D eigenvalue weighted by molar-refractivity contribution is 6.51. The van der Waals surface area contributed by atoms with Crippen molar-refractivity contribution >= 4 is 23.1 Å². The monoisotopic (exact) mass is 503 g/mol. The van der Waals surface area contributed by atoms with Crippen LogP contribution >= 0.6 is 0 Å². The molecule has 192 valence electrons. The van der Waals surface area contributed by atoms with Gasteiger partial charge in [-0.1, -0.05) is 32.0 Å². The predicted molar refractivity (Wildman–Crippen MR) is 140 cm³/mol. The molecule has 0 aromatic heterocycles. The zero-order valence-electron chi connectivity index (χ0n) is 21.3. The summed E-state index contributed by atoms with van der Waals surface area (Å²) in [5.41, 5.74) is 2.14. The summed E-state index contributed by atoms with van der Waals surface area (Å²) < 4.78 is 15.8. The van der Waals surface area contributed by atoms with Crippen LogP contribution < -0.4 is 19.1 Å². The van der Waals surface area contributed by atoms with Crippen molar-refractivity contribution in [2.75, 3.05) is 26.2 Å². The molecule has 1 fully saturated rings. The third-order valence-electron chi connectivity index (χ3n) is 6.46. The average Bonchev–Trinajstić information content (AvgIpc) is 3.17. The Morgan fingerprint density at radius 3 is 2.03 bits per heavy atom. The molecule has 1 saturated heterocycles. The fourth-order valence-corrected chi connectivity index (χ4v) is 4.45. The van der Waals surface area contributed by atoms with E-state index in [4.69, 9.17) is 14.2 Å². The van der Waals surface area contributed by atoms with Crippen molar-refractivity contribution in [3.05, 3.63) is 82.9 Å². The molecule has 1 aliphatic heterocycles. The van der Waals surface area contributed by atoms with E-state index in [-0.39, 0.29) is 34.3 Å². The van der Waals surface area contributed by atoms with E-state index in [2.05, 4.69) is 13.8 Å². The van der Waals surface area contributed by atoms with Crippen LogP contribution in [0.5, 0.6) is 23.0 Å². The number of methoxy groups -OCH3 is 3. The number of aliphatic hydroxyl groups excluding tert-OH is 1. The predicted octanol–water partition coefficient (Wildman–Crippen LogP) is 5.17. The summed E-state index contributed by atoms with van der Waals surface area (Å²) >= 11 is 0. The lowest BCUT2D eigenvalue weighted by Gasteiger charge is -2.26. The van der Waals surface area contributed by atoms with Gasteiger partial charge in [0.05, 0.1) is 32.9 Å². The third-order valence-corrected chi connectivity index (χ3v) is 6.46. The second kappa shape index (κ2) is 10.3. The number of rotatable bonds is 7. The Kier molecular flexibility index (Phi) is 7.11. The lowest BCUT2D eigenvalue weighted by Crippen LogP contribution is -2.29. The number of carbonyl (C=O) groups is 2. The lowest BCUT2D eigenvalue weighted by molar-refractivity contribution is -0.132. The van der Waals surface area contributed by atoms with E-state index in [1.807, 2.05) is 12.1 Å². The number of amides is 1. The zero-order chi connectivity index (χ0) is 26.9. The Labute approximate surface area is 215 Å². The van der Waals surface area contributed by atoms with E-state index in [1.54, 1.807) is 36.4 Å². The van der Waals surface area contributed by atoms with E-state index < -0.39 is 17.7 Å². The molecular formula is C29H29NO7. The van der Waals surface area contributed by atoms with Gasteiger partial charge in [0.1, 0.15) is 5.76 Å². The number of hydrogen-bond donors (Lipinski definition) is 2. The van der Waals surface area contributed by atoms with Crippen LogP contribution in [-0.2, 0) is 9.59 Å². The highest BCUT2D eigenvalue weighted by Gasteiger charge is 2.47. The van der Waals surface area contributed by atoms with Gasteiger partial charge in [-0.25, -0.2) is 0 Å². The molecule has 4 rings (SSSR count). The van der Waals surface area contributed by atoms with Crippen LogP contribution in [0.1, 0.15) is 42.5 Å². The van der Waals surface area contributed by atoms with Crippen LogP contribution in [0, 0.1) is 0 Å². The van der Waals surface area contributed by atoms with E-state index in [1.165, 1.54) is 38.4 Å². The molecule has 8 heteroatoms. The minimum absolute atomic E-state index is 0.116. The highest BCUT2D eigenvalue weighted by atomic mass is 16.5. The number of phenols is 1. The van der Waals surface area contributed by atoms with Crippen LogP contribution in [0.25, 0.3) is 5.76 Å². The van der Waals surface area contributed by atoms with Crippen LogP contribution in [0.3, 0.4) is 0 Å². The zero-order valence-corrected chi connectivity index (χ0v) is 21.3. The average molecular weight is 504 g/mol. The number of benzene rings is 3. The summed E-state index contributed by atoms with van der Waals surface area (Å²) in [6.07, 6.45) is 0. The Hall–Kier alpha value is -4.46. The summed E-state index contributed by atoms with van der Waals surface area (Å²) in [4.78, 5) is 28.1. The molecule has 1 atom stereocenters. The molecule has 1 unspecified atom stereocenters. The minimum Gasteiger partial charge on any atom is -0.507 e. The van der Waals surface area contributed by atoms with Gasteiger partial charge in [-0.05, 0) is 59.5 Å². The third kappa shape index (κ3) is 4.58. The summed E-state index contributed by atoms with van der Waals surface area (Å²) in [6.45, 7) is 4.12. The van der Waals surface area contributed by atoms with E-state index in [0.717, 1.165) is 5.56 Å². The summed E-state index contributed by atoms with van der Waals surface area (Å²) in [6, 6.07) is 15.7. The molecule has 37 heavy (non-hydrogen) atoms. The van der Waals surface area contributed by atoms with Gasteiger partial charge in [0, 0.05) is 11.3 Å². The van der Waals surface area contributed by atoms with Gasteiger partial charge in [-0.3, -0.25) is 14.5 Å². The maximum Gasteiger partial charge on any atom is 0.300 e. The molecule has 1 amide bonds. The van der Waals surface area contributed by atoms with E-state index in [9.17, 15) is 19.8 Å². The fourth-order valence-electron chi connectivity index (χ4n) is 4.45. The van der Waals surface area contributed by atoms with Crippen molar-refractivity contribution < 1.29 is 34.0 Å². The number of Topliss-reactive ketones (excluding diaryl/α,β-unsaturated/α-hetero) is 1. The largest absolute Gasteiger partial charge is 0.507 e.